The molecule has 0 spiro atoms. The maximum absolute atomic E-state index is 12.9. The van der Waals surface area contributed by atoms with Gasteiger partial charge in [-0.05, 0) is 56.3 Å². The number of nitrogens with zero attached hydrogens (tertiary/aromatic N) is 2. The lowest BCUT2D eigenvalue weighted by atomic mass is 10.1. The molecular formula is C21H20ClN3O4. The summed E-state index contributed by atoms with van der Waals surface area (Å²) in [7, 11) is 0. The van der Waals surface area contributed by atoms with E-state index in [1.165, 1.54) is 30.3 Å². The predicted octanol–water partition coefficient (Wildman–Crippen LogP) is 3.56. The zero-order chi connectivity index (χ0) is 21.1. The summed E-state index contributed by atoms with van der Waals surface area (Å²) in [6.07, 6.45) is 1.27. The molecule has 3 rings (SSSR count). The minimum absolute atomic E-state index is 0.0718. The Hall–Kier alpha value is -3.32. The van der Waals surface area contributed by atoms with Gasteiger partial charge in [-0.3, -0.25) is 14.9 Å². The van der Waals surface area contributed by atoms with Crippen molar-refractivity contribution in [2.75, 3.05) is 22.9 Å². The number of carbonyl (C=O) groups is 3. The molecule has 1 heterocycles. The summed E-state index contributed by atoms with van der Waals surface area (Å²) in [5.74, 6) is -1.68. The van der Waals surface area contributed by atoms with E-state index < -0.39 is 17.8 Å². The van der Waals surface area contributed by atoms with E-state index in [1.54, 1.807) is 18.2 Å². The van der Waals surface area contributed by atoms with Crippen LogP contribution in [0.25, 0.3) is 6.08 Å². The Balaban J connectivity index is 1.97. The Kier molecular flexibility index (Phi) is 5.89. The van der Waals surface area contributed by atoms with E-state index >= 15 is 0 Å². The summed E-state index contributed by atoms with van der Waals surface area (Å²) in [6, 6.07) is 10.2. The van der Waals surface area contributed by atoms with Gasteiger partial charge in [-0.25, -0.2) is 9.69 Å². The van der Waals surface area contributed by atoms with Gasteiger partial charge in [-0.2, -0.15) is 0 Å². The van der Waals surface area contributed by atoms with Gasteiger partial charge < -0.3 is 10.0 Å². The van der Waals surface area contributed by atoms with Crippen molar-refractivity contribution in [2.45, 2.75) is 13.8 Å². The summed E-state index contributed by atoms with van der Waals surface area (Å²) in [4.78, 5) is 40.3. The van der Waals surface area contributed by atoms with Gasteiger partial charge in [-0.1, -0.05) is 11.6 Å². The van der Waals surface area contributed by atoms with Gasteiger partial charge in [0.2, 0.25) is 0 Å². The third kappa shape index (κ3) is 4.09. The smallest absolute Gasteiger partial charge is 0.335 e. The van der Waals surface area contributed by atoms with Gasteiger partial charge in [0.25, 0.3) is 11.8 Å². The van der Waals surface area contributed by atoms with Crippen molar-refractivity contribution in [3.8, 4) is 5.75 Å². The highest BCUT2D eigenvalue weighted by Crippen LogP contribution is 2.28. The third-order valence-corrected chi connectivity index (χ3v) is 4.88. The fourth-order valence-corrected chi connectivity index (χ4v) is 3.20. The lowest BCUT2D eigenvalue weighted by Gasteiger charge is -2.26. The Bertz CT molecular complexity index is 997. The molecule has 0 bridgehead atoms. The number of hydrogen-bond acceptors (Lipinski definition) is 5. The molecule has 0 unspecified atom stereocenters. The number of hydrogen-bond donors (Lipinski definition) is 2. The maximum Gasteiger partial charge on any atom is 0.335 e. The van der Waals surface area contributed by atoms with Crippen LogP contribution < -0.4 is 15.1 Å². The second-order valence-corrected chi connectivity index (χ2v) is 6.79. The average molecular weight is 414 g/mol. The summed E-state index contributed by atoms with van der Waals surface area (Å²) in [5.41, 5.74) is 1.14. The highest BCUT2D eigenvalue weighted by Gasteiger charge is 2.36. The van der Waals surface area contributed by atoms with Crippen LogP contribution in [-0.4, -0.2) is 36.0 Å². The maximum atomic E-state index is 12.9. The molecule has 0 radical (unpaired) electrons. The molecule has 29 heavy (non-hydrogen) atoms. The first-order chi connectivity index (χ1) is 13.8. The van der Waals surface area contributed by atoms with Crippen molar-refractivity contribution in [3.05, 3.63) is 58.6 Å². The summed E-state index contributed by atoms with van der Waals surface area (Å²) >= 11 is 5.86. The number of halogens is 1. The molecule has 2 aromatic carbocycles. The first kappa shape index (κ1) is 20.4. The molecular weight excluding hydrogens is 394 g/mol. The zero-order valence-corrected chi connectivity index (χ0v) is 16.7. The Morgan fingerprint density at radius 2 is 1.72 bits per heavy atom. The number of amides is 4. The number of rotatable bonds is 5. The number of phenolic OH excluding ortho intramolecular Hbond substituents is 1. The van der Waals surface area contributed by atoms with Crippen molar-refractivity contribution in [3.63, 3.8) is 0 Å². The number of carbonyl (C=O) groups excluding carboxylic acids is 3. The standard InChI is InChI=1S/C21H20ClN3O4/c1-3-24(4-2)16-8-5-13(18(26)12-16)11-17-19(27)23-21(29)25(20(17)28)15-9-6-14(22)7-10-15/h5-12,26H,3-4H2,1-2H3,(H,23,27,29)/b17-11-. The predicted molar refractivity (Wildman–Crippen MR) is 112 cm³/mol. The fraction of sp³-hybridized carbons (Fsp3) is 0.190. The molecule has 0 aliphatic carbocycles. The normalized spacial score (nSPS) is 15.6. The van der Waals surface area contributed by atoms with Gasteiger partial charge in [0.15, 0.2) is 0 Å². The molecule has 1 saturated heterocycles. The largest absolute Gasteiger partial charge is 0.507 e. The molecule has 150 valence electrons. The van der Waals surface area contributed by atoms with Crippen LogP contribution in [0.3, 0.4) is 0 Å². The summed E-state index contributed by atoms with van der Waals surface area (Å²) in [5, 5.41) is 13.0. The van der Waals surface area contributed by atoms with Crippen LogP contribution >= 0.6 is 11.6 Å². The second kappa shape index (κ2) is 8.36. The molecule has 1 aliphatic rings. The minimum atomic E-state index is -0.847. The van der Waals surface area contributed by atoms with Gasteiger partial charge in [0.05, 0.1) is 5.69 Å². The van der Waals surface area contributed by atoms with Gasteiger partial charge in [-0.15, -0.1) is 0 Å². The first-order valence-electron chi connectivity index (χ1n) is 9.10. The lowest BCUT2D eigenvalue weighted by molar-refractivity contribution is -0.122. The molecule has 0 atom stereocenters. The molecule has 0 saturated carbocycles. The van der Waals surface area contributed by atoms with Gasteiger partial charge >= 0.3 is 6.03 Å². The van der Waals surface area contributed by atoms with E-state index in [9.17, 15) is 19.5 Å². The highest BCUT2D eigenvalue weighted by atomic mass is 35.5. The van der Waals surface area contributed by atoms with Crippen LogP contribution in [0.1, 0.15) is 19.4 Å². The molecule has 0 aromatic heterocycles. The molecule has 7 nitrogen and oxygen atoms in total. The van der Waals surface area contributed by atoms with E-state index in [-0.39, 0.29) is 17.0 Å². The van der Waals surface area contributed by atoms with Crippen LogP contribution in [-0.2, 0) is 9.59 Å². The number of urea groups is 1. The number of aromatic hydroxyl groups is 1. The summed E-state index contributed by atoms with van der Waals surface area (Å²) < 4.78 is 0. The first-order valence-corrected chi connectivity index (χ1v) is 9.48. The van der Waals surface area contributed by atoms with Crippen molar-refractivity contribution in [2.24, 2.45) is 0 Å². The van der Waals surface area contributed by atoms with E-state index in [4.69, 9.17) is 11.6 Å². The molecule has 4 amide bonds. The van der Waals surface area contributed by atoms with E-state index in [0.29, 0.717) is 10.6 Å². The van der Waals surface area contributed by atoms with Crippen molar-refractivity contribution < 1.29 is 19.5 Å². The second-order valence-electron chi connectivity index (χ2n) is 6.35. The monoisotopic (exact) mass is 413 g/mol. The van der Waals surface area contributed by atoms with E-state index in [2.05, 4.69) is 10.2 Å². The van der Waals surface area contributed by atoms with Crippen molar-refractivity contribution >= 4 is 46.9 Å². The Labute approximate surface area is 173 Å². The van der Waals surface area contributed by atoms with Crippen molar-refractivity contribution in [1.82, 2.24) is 5.32 Å². The molecule has 2 N–H and O–H groups in total. The van der Waals surface area contributed by atoms with Gasteiger partial charge in [0.1, 0.15) is 11.3 Å². The molecule has 2 aromatic rings. The highest BCUT2D eigenvalue weighted by molar-refractivity contribution is 6.39. The van der Waals surface area contributed by atoms with Crippen LogP contribution in [0.2, 0.25) is 5.02 Å². The number of phenols is 1. The Morgan fingerprint density at radius 1 is 1.07 bits per heavy atom. The van der Waals surface area contributed by atoms with Crippen molar-refractivity contribution in [1.29, 1.82) is 0 Å². The summed E-state index contributed by atoms with van der Waals surface area (Å²) in [6.45, 7) is 5.55. The number of barbiturate groups is 1. The van der Waals surface area contributed by atoms with E-state index in [0.717, 1.165) is 23.7 Å². The van der Waals surface area contributed by atoms with Crippen LogP contribution in [0.5, 0.6) is 5.75 Å². The zero-order valence-electron chi connectivity index (χ0n) is 16.0. The number of nitrogens with one attached hydrogen (secondary N) is 1. The van der Waals surface area contributed by atoms with E-state index in [1.807, 2.05) is 13.8 Å². The topological polar surface area (TPSA) is 90.0 Å². The quantitative estimate of drug-likeness (QED) is 0.577. The number of anilines is 2. The molecule has 8 heteroatoms. The Morgan fingerprint density at radius 3 is 2.31 bits per heavy atom. The molecule has 1 fully saturated rings. The molecule has 1 aliphatic heterocycles. The third-order valence-electron chi connectivity index (χ3n) is 4.63. The van der Waals surface area contributed by atoms with Crippen LogP contribution in [0, 0.1) is 0 Å². The number of benzene rings is 2. The van der Waals surface area contributed by atoms with Gasteiger partial charge in [0, 0.05) is 35.4 Å². The minimum Gasteiger partial charge on any atom is -0.507 e. The average Bonchev–Trinajstić information content (AvgIpc) is 2.69. The lowest BCUT2D eigenvalue weighted by Crippen LogP contribution is -2.54. The SMILES string of the molecule is CCN(CC)c1ccc(/C=C2/C(=O)NC(=O)N(c3ccc(Cl)cc3)C2=O)c(O)c1. The van der Waals surface area contributed by atoms with Crippen LogP contribution in [0.15, 0.2) is 48.0 Å². The fourth-order valence-electron chi connectivity index (χ4n) is 3.08. The number of imide groups is 2. The van der Waals surface area contributed by atoms with Crippen LogP contribution in [0.4, 0.5) is 16.2 Å².